The number of amides is 1. The molecule has 0 fully saturated rings. The first kappa shape index (κ1) is 9.39. The van der Waals surface area contributed by atoms with Crippen molar-refractivity contribution in [2.24, 2.45) is 5.73 Å². The summed E-state index contributed by atoms with van der Waals surface area (Å²) >= 11 is 0. The van der Waals surface area contributed by atoms with Gasteiger partial charge in [0, 0.05) is 0 Å². The van der Waals surface area contributed by atoms with Crippen LogP contribution in [0.15, 0.2) is 0 Å². The minimum Gasteiger partial charge on any atom is -0.387 e. The third kappa shape index (κ3) is 1.46. The van der Waals surface area contributed by atoms with Crippen LogP contribution in [-0.2, 0) is 4.79 Å². The van der Waals surface area contributed by atoms with Crippen molar-refractivity contribution in [3.05, 3.63) is 0 Å². The van der Waals surface area contributed by atoms with Crippen LogP contribution >= 0.6 is 0 Å². The first-order valence-electron chi connectivity index (χ1n) is 2.94. The van der Waals surface area contributed by atoms with Crippen LogP contribution in [0.2, 0.25) is 0 Å². The predicted octanol–water partition coefficient (Wildman–Crippen LogP) is -1.01. The minimum absolute atomic E-state index is 0.931. The van der Waals surface area contributed by atoms with Crippen LogP contribution < -0.4 is 5.73 Å². The van der Waals surface area contributed by atoms with Crippen molar-refractivity contribution in [3.63, 3.8) is 0 Å². The van der Waals surface area contributed by atoms with Crippen LogP contribution in [0.3, 0.4) is 0 Å². The van der Waals surface area contributed by atoms with Gasteiger partial charge in [0.2, 0.25) is 0 Å². The zero-order valence-corrected chi connectivity index (χ0v) is 6.38. The molecule has 0 rings (SSSR count). The maximum atomic E-state index is 10.5. The normalized spacial score (nSPS) is 18.1. The maximum Gasteiger partial charge on any atom is 0.252 e. The summed E-state index contributed by atoms with van der Waals surface area (Å²) in [5, 5.41) is 18.4. The second kappa shape index (κ2) is 2.21. The maximum absolute atomic E-state index is 10.5. The molecule has 4 nitrogen and oxygen atoms in total. The van der Waals surface area contributed by atoms with Crippen molar-refractivity contribution in [1.29, 1.82) is 0 Å². The second-order valence-corrected chi connectivity index (χ2v) is 3.00. The van der Waals surface area contributed by atoms with E-state index < -0.39 is 17.1 Å². The van der Waals surface area contributed by atoms with Gasteiger partial charge in [-0.3, -0.25) is 4.79 Å². The summed E-state index contributed by atoms with van der Waals surface area (Å²) < 4.78 is 0. The monoisotopic (exact) mass is 147 g/mol. The molecule has 1 atom stereocenters. The van der Waals surface area contributed by atoms with E-state index in [2.05, 4.69) is 0 Å². The number of hydrogen-bond donors (Lipinski definition) is 3. The molecule has 0 bridgehead atoms. The molecule has 0 aromatic carbocycles. The highest BCUT2D eigenvalue weighted by molar-refractivity contribution is 5.84. The van der Waals surface area contributed by atoms with Crippen LogP contribution in [0.4, 0.5) is 0 Å². The summed E-state index contributed by atoms with van der Waals surface area (Å²) in [6.07, 6.45) is 0. The van der Waals surface area contributed by atoms with Gasteiger partial charge in [0.25, 0.3) is 5.91 Å². The third-order valence-corrected chi connectivity index (χ3v) is 1.67. The van der Waals surface area contributed by atoms with Crippen molar-refractivity contribution < 1.29 is 15.0 Å². The molecule has 0 aliphatic carbocycles. The third-order valence-electron chi connectivity index (χ3n) is 1.67. The Labute approximate surface area is 59.7 Å². The Hall–Kier alpha value is -0.610. The van der Waals surface area contributed by atoms with Gasteiger partial charge in [0.1, 0.15) is 0 Å². The van der Waals surface area contributed by atoms with E-state index in [4.69, 9.17) is 10.8 Å². The molecule has 4 heteroatoms. The van der Waals surface area contributed by atoms with Crippen LogP contribution in [0.1, 0.15) is 20.8 Å². The number of aliphatic hydroxyl groups is 2. The lowest BCUT2D eigenvalue weighted by Gasteiger charge is -2.32. The van der Waals surface area contributed by atoms with Crippen LogP contribution in [0.5, 0.6) is 0 Å². The molecular weight excluding hydrogens is 134 g/mol. The molecule has 0 radical (unpaired) electrons. The zero-order valence-electron chi connectivity index (χ0n) is 6.38. The lowest BCUT2D eigenvalue weighted by Crippen LogP contribution is -2.56. The number of nitrogens with two attached hydrogens (primary N) is 1. The summed E-state index contributed by atoms with van der Waals surface area (Å²) in [5.41, 5.74) is 1.44. The molecular formula is C6H13NO3. The zero-order chi connectivity index (χ0) is 8.58. The van der Waals surface area contributed by atoms with Crippen LogP contribution in [-0.4, -0.2) is 27.3 Å². The van der Waals surface area contributed by atoms with Gasteiger partial charge in [0.05, 0.1) is 5.60 Å². The summed E-state index contributed by atoms with van der Waals surface area (Å²) in [6, 6.07) is 0. The van der Waals surface area contributed by atoms with Gasteiger partial charge in [0.15, 0.2) is 5.60 Å². The van der Waals surface area contributed by atoms with E-state index in [-0.39, 0.29) is 0 Å². The fraction of sp³-hybridized carbons (Fsp3) is 0.833. The molecule has 10 heavy (non-hydrogen) atoms. The summed E-state index contributed by atoms with van der Waals surface area (Å²) in [7, 11) is 0. The Bertz CT molecular complexity index is 146. The Morgan fingerprint density at radius 3 is 1.60 bits per heavy atom. The van der Waals surface area contributed by atoms with Gasteiger partial charge in [-0.05, 0) is 20.8 Å². The average molecular weight is 147 g/mol. The number of carbonyl (C=O) groups excluding carboxylic acids is 1. The van der Waals surface area contributed by atoms with E-state index >= 15 is 0 Å². The lowest BCUT2D eigenvalue weighted by molar-refractivity contribution is -0.160. The van der Waals surface area contributed by atoms with E-state index in [1.165, 1.54) is 20.8 Å². The largest absolute Gasteiger partial charge is 0.387 e. The van der Waals surface area contributed by atoms with Crippen molar-refractivity contribution >= 4 is 5.91 Å². The molecule has 0 aliphatic rings. The molecule has 0 aliphatic heterocycles. The average Bonchev–Trinajstić information content (AvgIpc) is 1.62. The first-order chi connectivity index (χ1) is 4.19. The lowest BCUT2D eigenvalue weighted by atomic mass is 9.87. The van der Waals surface area contributed by atoms with Gasteiger partial charge < -0.3 is 15.9 Å². The Morgan fingerprint density at radius 1 is 1.30 bits per heavy atom. The van der Waals surface area contributed by atoms with E-state index in [1.807, 2.05) is 0 Å². The smallest absolute Gasteiger partial charge is 0.252 e. The Balaban J connectivity index is 4.57. The van der Waals surface area contributed by atoms with Crippen molar-refractivity contribution in [1.82, 2.24) is 0 Å². The number of primary amides is 1. The molecule has 0 saturated heterocycles. The predicted molar refractivity (Wildman–Crippen MR) is 36.1 cm³/mol. The molecule has 4 N–H and O–H groups in total. The second-order valence-electron chi connectivity index (χ2n) is 3.00. The quantitative estimate of drug-likeness (QED) is 0.468. The molecule has 0 aromatic rings. The van der Waals surface area contributed by atoms with Gasteiger partial charge >= 0.3 is 0 Å². The molecule has 0 aromatic heterocycles. The van der Waals surface area contributed by atoms with Crippen LogP contribution in [0.25, 0.3) is 0 Å². The Kier molecular flexibility index (Phi) is 2.08. The topological polar surface area (TPSA) is 83.6 Å². The standard InChI is InChI=1S/C6H13NO3/c1-5(2,9)6(3,10)4(7)8/h9-10H,1-3H3,(H2,7,8). The number of hydrogen-bond acceptors (Lipinski definition) is 3. The fourth-order valence-corrected chi connectivity index (χ4v) is 0.301. The molecule has 1 amide bonds. The molecule has 0 heterocycles. The van der Waals surface area contributed by atoms with E-state index in [1.54, 1.807) is 0 Å². The first-order valence-corrected chi connectivity index (χ1v) is 2.94. The summed E-state index contributed by atoms with van der Waals surface area (Å²) in [5.74, 6) is -0.931. The highest BCUT2D eigenvalue weighted by Crippen LogP contribution is 2.19. The van der Waals surface area contributed by atoms with Gasteiger partial charge in [-0.25, -0.2) is 0 Å². The van der Waals surface area contributed by atoms with E-state index in [0.29, 0.717) is 0 Å². The van der Waals surface area contributed by atoms with Gasteiger partial charge in [-0.1, -0.05) is 0 Å². The van der Waals surface area contributed by atoms with Crippen LogP contribution in [0, 0.1) is 0 Å². The Morgan fingerprint density at radius 2 is 1.60 bits per heavy atom. The van der Waals surface area contributed by atoms with E-state index in [9.17, 15) is 9.90 Å². The molecule has 0 spiro atoms. The SMILES string of the molecule is CC(C)(O)C(C)(O)C(N)=O. The molecule has 1 unspecified atom stereocenters. The van der Waals surface area contributed by atoms with Gasteiger partial charge in [-0.15, -0.1) is 0 Å². The van der Waals surface area contributed by atoms with Crippen molar-refractivity contribution in [2.45, 2.75) is 32.0 Å². The number of carbonyl (C=O) groups is 1. The minimum atomic E-state index is -1.87. The van der Waals surface area contributed by atoms with Crippen molar-refractivity contribution in [2.75, 3.05) is 0 Å². The van der Waals surface area contributed by atoms with Crippen molar-refractivity contribution in [3.8, 4) is 0 Å². The highest BCUT2D eigenvalue weighted by atomic mass is 16.4. The molecule has 0 saturated carbocycles. The highest BCUT2D eigenvalue weighted by Gasteiger charge is 2.42. The fourth-order valence-electron chi connectivity index (χ4n) is 0.301. The van der Waals surface area contributed by atoms with Gasteiger partial charge in [-0.2, -0.15) is 0 Å². The summed E-state index contributed by atoms with van der Waals surface area (Å²) in [6.45, 7) is 3.81. The number of rotatable bonds is 2. The van der Waals surface area contributed by atoms with E-state index in [0.717, 1.165) is 0 Å². The summed E-state index contributed by atoms with van der Waals surface area (Å²) in [4.78, 5) is 10.5. The molecule has 60 valence electrons.